The Kier molecular flexibility index (Phi) is 3.51. The van der Waals surface area contributed by atoms with Crippen LogP contribution in [0.3, 0.4) is 0 Å². The SMILES string of the molecule is Cn1cc(-c2nnc(NCC3CCCO3)o2)ccc1=O. The second-order valence-corrected chi connectivity index (χ2v) is 4.80. The van der Waals surface area contributed by atoms with E-state index in [1.165, 1.54) is 10.6 Å². The summed E-state index contributed by atoms with van der Waals surface area (Å²) in [5, 5.41) is 11.0. The second-order valence-electron chi connectivity index (χ2n) is 4.80. The Hall–Kier alpha value is -2.15. The molecule has 7 nitrogen and oxygen atoms in total. The molecule has 7 heteroatoms. The van der Waals surface area contributed by atoms with E-state index in [0.717, 1.165) is 19.4 Å². The Labute approximate surface area is 115 Å². The molecule has 1 fully saturated rings. The van der Waals surface area contributed by atoms with Gasteiger partial charge in [0.15, 0.2) is 0 Å². The molecule has 0 aromatic carbocycles. The van der Waals surface area contributed by atoms with Crippen molar-refractivity contribution in [2.24, 2.45) is 7.05 Å². The Balaban J connectivity index is 1.69. The lowest BCUT2D eigenvalue weighted by atomic mass is 10.2. The van der Waals surface area contributed by atoms with Crippen LogP contribution in [0, 0.1) is 0 Å². The van der Waals surface area contributed by atoms with E-state index in [9.17, 15) is 4.79 Å². The molecule has 2 aromatic heterocycles. The van der Waals surface area contributed by atoms with Crippen molar-refractivity contribution in [1.82, 2.24) is 14.8 Å². The molecule has 1 N–H and O–H groups in total. The van der Waals surface area contributed by atoms with E-state index < -0.39 is 0 Å². The zero-order chi connectivity index (χ0) is 13.9. The lowest BCUT2D eigenvalue weighted by molar-refractivity contribution is 0.120. The first-order valence-corrected chi connectivity index (χ1v) is 6.58. The van der Waals surface area contributed by atoms with Crippen LogP contribution in [0.4, 0.5) is 6.01 Å². The quantitative estimate of drug-likeness (QED) is 0.898. The van der Waals surface area contributed by atoms with Crippen LogP contribution >= 0.6 is 0 Å². The van der Waals surface area contributed by atoms with Crippen LogP contribution in [-0.2, 0) is 11.8 Å². The maximum atomic E-state index is 11.3. The maximum Gasteiger partial charge on any atom is 0.315 e. The third-order valence-electron chi connectivity index (χ3n) is 3.26. The fourth-order valence-corrected chi connectivity index (χ4v) is 2.14. The first-order valence-electron chi connectivity index (χ1n) is 6.58. The van der Waals surface area contributed by atoms with Gasteiger partial charge in [0.1, 0.15) is 0 Å². The van der Waals surface area contributed by atoms with Gasteiger partial charge in [-0.2, -0.15) is 0 Å². The fourth-order valence-electron chi connectivity index (χ4n) is 2.14. The summed E-state index contributed by atoms with van der Waals surface area (Å²) >= 11 is 0. The number of anilines is 1. The normalized spacial score (nSPS) is 18.4. The number of aryl methyl sites for hydroxylation is 1. The van der Waals surface area contributed by atoms with Crippen LogP contribution in [0.15, 0.2) is 27.5 Å². The molecule has 3 rings (SSSR count). The summed E-state index contributed by atoms with van der Waals surface area (Å²) in [6.07, 6.45) is 4.02. The van der Waals surface area contributed by atoms with Crippen LogP contribution < -0.4 is 10.9 Å². The standard InChI is InChI=1S/C13H16N4O3/c1-17-8-9(4-5-11(17)18)12-15-16-13(20-12)14-7-10-3-2-6-19-10/h4-5,8,10H,2-3,6-7H2,1H3,(H,14,16). The van der Waals surface area contributed by atoms with Gasteiger partial charge >= 0.3 is 6.01 Å². The van der Waals surface area contributed by atoms with Crippen molar-refractivity contribution in [2.45, 2.75) is 18.9 Å². The molecule has 1 aliphatic rings. The van der Waals surface area contributed by atoms with Gasteiger partial charge in [-0.1, -0.05) is 5.10 Å². The van der Waals surface area contributed by atoms with E-state index in [1.54, 1.807) is 19.3 Å². The van der Waals surface area contributed by atoms with Crippen LogP contribution in [-0.4, -0.2) is 34.0 Å². The van der Waals surface area contributed by atoms with Crippen LogP contribution in [0.1, 0.15) is 12.8 Å². The summed E-state index contributed by atoms with van der Waals surface area (Å²) in [6.45, 7) is 1.48. The molecule has 3 heterocycles. The monoisotopic (exact) mass is 276 g/mol. The van der Waals surface area contributed by atoms with Gasteiger partial charge in [0.25, 0.3) is 5.89 Å². The zero-order valence-electron chi connectivity index (χ0n) is 11.2. The summed E-state index contributed by atoms with van der Waals surface area (Å²) in [6, 6.07) is 3.50. The van der Waals surface area contributed by atoms with Gasteiger partial charge in [0.2, 0.25) is 5.56 Å². The van der Waals surface area contributed by atoms with Gasteiger partial charge in [-0.05, 0) is 18.9 Å². The summed E-state index contributed by atoms with van der Waals surface area (Å²) in [7, 11) is 1.68. The molecule has 1 saturated heterocycles. The predicted molar refractivity (Wildman–Crippen MR) is 72.4 cm³/mol. The lowest BCUT2D eigenvalue weighted by Crippen LogP contribution is -2.18. The fraction of sp³-hybridized carbons (Fsp3) is 0.462. The van der Waals surface area contributed by atoms with Gasteiger partial charge in [-0.3, -0.25) is 4.79 Å². The summed E-state index contributed by atoms with van der Waals surface area (Å²) in [5.41, 5.74) is 0.634. The van der Waals surface area contributed by atoms with E-state index in [1.807, 2.05) is 0 Å². The highest BCUT2D eigenvalue weighted by molar-refractivity contribution is 5.51. The Morgan fingerprint density at radius 3 is 3.10 bits per heavy atom. The highest BCUT2D eigenvalue weighted by Crippen LogP contribution is 2.19. The molecule has 20 heavy (non-hydrogen) atoms. The molecule has 0 amide bonds. The first kappa shape index (κ1) is 12.9. The van der Waals surface area contributed by atoms with Crippen molar-refractivity contribution in [3.63, 3.8) is 0 Å². The van der Waals surface area contributed by atoms with Gasteiger partial charge in [0.05, 0.1) is 11.7 Å². The first-order chi connectivity index (χ1) is 9.72. The van der Waals surface area contributed by atoms with E-state index in [0.29, 0.717) is 24.0 Å². The van der Waals surface area contributed by atoms with Crippen LogP contribution in [0.5, 0.6) is 0 Å². The lowest BCUT2D eigenvalue weighted by Gasteiger charge is -2.08. The van der Waals surface area contributed by atoms with E-state index in [4.69, 9.17) is 9.15 Å². The molecular formula is C13H16N4O3. The smallest absolute Gasteiger partial charge is 0.315 e. The minimum absolute atomic E-state index is 0.0787. The summed E-state index contributed by atoms with van der Waals surface area (Å²) in [5.74, 6) is 0.385. The topological polar surface area (TPSA) is 82.2 Å². The average molecular weight is 276 g/mol. The molecule has 1 atom stereocenters. The van der Waals surface area contributed by atoms with E-state index in [2.05, 4.69) is 15.5 Å². The van der Waals surface area contributed by atoms with Crippen molar-refractivity contribution >= 4 is 6.01 Å². The van der Waals surface area contributed by atoms with Crippen molar-refractivity contribution in [2.75, 3.05) is 18.5 Å². The highest BCUT2D eigenvalue weighted by atomic mass is 16.5. The van der Waals surface area contributed by atoms with Crippen molar-refractivity contribution in [3.05, 3.63) is 28.7 Å². The Bertz CT molecular complexity index is 643. The van der Waals surface area contributed by atoms with Crippen molar-refractivity contribution < 1.29 is 9.15 Å². The predicted octanol–water partition coefficient (Wildman–Crippen LogP) is 1.03. The Morgan fingerprint density at radius 2 is 2.35 bits per heavy atom. The summed E-state index contributed by atoms with van der Waals surface area (Å²) < 4.78 is 12.5. The average Bonchev–Trinajstić information content (AvgIpc) is 3.10. The molecule has 0 radical (unpaired) electrons. The van der Waals surface area contributed by atoms with Crippen molar-refractivity contribution in [1.29, 1.82) is 0 Å². The third kappa shape index (κ3) is 2.72. The third-order valence-corrected chi connectivity index (χ3v) is 3.26. The van der Waals surface area contributed by atoms with E-state index >= 15 is 0 Å². The van der Waals surface area contributed by atoms with Gasteiger partial charge in [0, 0.05) is 32.5 Å². The largest absolute Gasteiger partial charge is 0.403 e. The maximum absolute atomic E-state index is 11.3. The van der Waals surface area contributed by atoms with Crippen LogP contribution in [0.2, 0.25) is 0 Å². The Morgan fingerprint density at radius 1 is 1.45 bits per heavy atom. The minimum atomic E-state index is -0.0787. The minimum Gasteiger partial charge on any atom is -0.403 e. The number of hydrogen-bond donors (Lipinski definition) is 1. The number of nitrogens with one attached hydrogen (secondary N) is 1. The van der Waals surface area contributed by atoms with Gasteiger partial charge in [-0.25, -0.2) is 0 Å². The van der Waals surface area contributed by atoms with E-state index in [-0.39, 0.29) is 11.7 Å². The molecule has 0 spiro atoms. The molecule has 2 aromatic rings. The second kappa shape index (κ2) is 5.46. The molecule has 1 unspecified atom stereocenters. The van der Waals surface area contributed by atoms with Crippen molar-refractivity contribution in [3.8, 4) is 11.5 Å². The highest BCUT2D eigenvalue weighted by Gasteiger charge is 2.16. The van der Waals surface area contributed by atoms with Gasteiger partial charge < -0.3 is 19.0 Å². The number of hydrogen-bond acceptors (Lipinski definition) is 6. The molecular weight excluding hydrogens is 260 g/mol. The molecule has 106 valence electrons. The molecule has 0 bridgehead atoms. The number of aromatic nitrogens is 3. The number of ether oxygens (including phenoxy) is 1. The molecule has 0 saturated carbocycles. The van der Waals surface area contributed by atoms with Gasteiger partial charge in [-0.15, -0.1) is 5.10 Å². The molecule has 0 aliphatic carbocycles. The zero-order valence-corrected chi connectivity index (χ0v) is 11.2. The molecule has 1 aliphatic heterocycles. The van der Waals surface area contributed by atoms with Crippen LogP contribution in [0.25, 0.3) is 11.5 Å². The number of nitrogens with zero attached hydrogens (tertiary/aromatic N) is 3. The number of pyridine rings is 1. The number of rotatable bonds is 4. The summed E-state index contributed by atoms with van der Waals surface area (Å²) in [4.78, 5) is 11.3.